The van der Waals surface area contributed by atoms with E-state index >= 15 is 0 Å². The molecule has 3 aromatic heterocycles. The number of aryl methyl sites for hydroxylation is 1. The summed E-state index contributed by atoms with van der Waals surface area (Å²) in [6.45, 7) is 3.31. The molecule has 4 aromatic rings. The third-order valence-corrected chi connectivity index (χ3v) is 4.99. The van der Waals surface area contributed by atoms with Crippen LogP contribution in [0.15, 0.2) is 61.1 Å². The maximum atomic E-state index is 12.2. The second kappa shape index (κ2) is 10.4. The van der Waals surface area contributed by atoms with Crippen LogP contribution in [0.1, 0.15) is 36.5 Å². The van der Waals surface area contributed by atoms with Crippen molar-refractivity contribution in [3.05, 3.63) is 66.6 Å². The van der Waals surface area contributed by atoms with Gasteiger partial charge in [0.05, 0.1) is 18.1 Å². The SMILES string of the molecule is CCCn1cc(-c2cnc3ccc(NC(=O)NCCCC(=O)c4ccccc4)nc3n2)cn1. The molecule has 2 N–H and O–H groups in total. The molecule has 0 aliphatic carbocycles. The van der Waals surface area contributed by atoms with E-state index in [1.54, 1.807) is 36.7 Å². The Bertz CT molecular complexity index is 1250. The highest BCUT2D eigenvalue weighted by molar-refractivity contribution is 5.96. The van der Waals surface area contributed by atoms with Gasteiger partial charge in [-0.2, -0.15) is 5.10 Å². The number of ketones is 1. The molecular weight excluding hydrogens is 418 g/mol. The average Bonchev–Trinajstić information content (AvgIpc) is 3.31. The molecule has 33 heavy (non-hydrogen) atoms. The number of rotatable bonds is 9. The van der Waals surface area contributed by atoms with E-state index in [-0.39, 0.29) is 11.8 Å². The van der Waals surface area contributed by atoms with Gasteiger partial charge in [0, 0.05) is 36.8 Å². The highest BCUT2D eigenvalue weighted by Gasteiger charge is 2.09. The van der Waals surface area contributed by atoms with Gasteiger partial charge >= 0.3 is 6.03 Å². The van der Waals surface area contributed by atoms with E-state index in [9.17, 15) is 9.59 Å². The molecule has 1 aromatic carbocycles. The van der Waals surface area contributed by atoms with Gasteiger partial charge in [0.1, 0.15) is 11.3 Å². The number of nitrogens with zero attached hydrogens (tertiary/aromatic N) is 5. The van der Waals surface area contributed by atoms with Gasteiger partial charge in [0.15, 0.2) is 11.4 Å². The van der Waals surface area contributed by atoms with E-state index in [1.807, 2.05) is 29.1 Å². The summed E-state index contributed by atoms with van der Waals surface area (Å²) in [5.74, 6) is 0.428. The molecule has 0 aliphatic heterocycles. The summed E-state index contributed by atoms with van der Waals surface area (Å²) in [4.78, 5) is 37.7. The first-order valence-corrected chi connectivity index (χ1v) is 10.9. The fraction of sp³-hybridized carbons (Fsp3) is 0.250. The van der Waals surface area contributed by atoms with E-state index in [4.69, 9.17) is 0 Å². The van der Waals surface area contributed by atoms with Crippen molar-refractivity contribution in [3.63, 3.8) is 0 Å². The van der Waals surface area contributed by atoms with Crippen molar-refractivity contribution >= 4 is 28.8 Å². The molecule has 168 valence electrons. The minimum atomic E-state index is -0.390. The molecule has 2 amide bonds. The second-order valence-corrected chi connectivity index (χ2v) is 7.56. The van der Waals surface area contributed by atoms with Crippen LogP contribution >= 0.6 is 0 Å². The van der Waals surface area contributed by atoms with Crippen molar-refractivity contribution in [2.75, 3.05) is 11.9 Å². The predicted molar refractivity (Wildman–Crippen MR) is 126 cm³/mol. The van der Waals surface area contributed by atoms with Crippen LogP contribution in [-0.2, 0) is 6.54 Å². The lowest BCUT2D eigenvalue weighted by molar-refractivity contribution is 0.0980. The Morgan fingerprint density at radius 1 is 1.03 bits per heavy atom. The third-order valence-electron chi connectivity index (χ3n) is 4.99. The number of Topliss-reactive ketones (excluding diaryl/α,β-unsaturated/α-hetero) is 1. The van der Waals surface area contributed by atoms with Crippen LogP contribution in [0.5, 0.6) is 0 Å². The number of nitrogens with one attached hydrogen (secondary N) is 2. The highest BCUT2D eigenvalue weighted by atomic mass is 16.2. The zero-order valence-electron chi connectivity index (χ0n) is 18.4. The maximum Gasteiger partial charge on any atom is 0.320 e. The number of urea groups is 1. The monoisotopic (exact) mass is 443 g/mol. The molecule has 0 fully saturated rings. The Kier molecular flexibility index (Phi) is 6.99. The summed E-state index contributed by atoms with van der Waals surface area (Å²) >= 11 is 0. The quantitative estimate of drug-likeness (QED) is 0.297. The van der Waals surface area contributed by atoms with Gasteiger partial charge in [-0.05, 0) is 25.0 Å². The molecular formula is C24H25N7O2. The number of hydrogen-bond donors (Lipinski definition) is 2. The maximum absolute atomic E-state index is 12.2. The van der Waals surface area contributed by atoms with Gasteiger partial charge in [0.25, 0.3) is 0 Å². The number of carbonyl (C=O) groups excluding carboxylic acids is 2. The zero-order chi connectivity index (χ0) is 23.0. The summed E-state index contributed by atoms with van der Waals surface area (Å²) in [7, 11) is 0. The Morgan fingerprint density at radius 3 is 2.70 bits per heavy atom. The van der Waals surface area contributed by atoms with Crippen LogP contribution < -0.4 is 10.6 Å². The van der Waals surface area contributed by atoms with Gasteiger partial charge in [-0.15, -0.1) is 0 Å². The summed E-state index contributed by atoms with van der Waals surface area (Å²) in [6.07, 6.45) is 7.28. The highest BCUT2D eigenvalue weighted by Crippen LogP contribution is 2.19. The van der Waals surface area contributed by atoms with Crippen LogP contribution in [0.2, 0.25) is 0 Å². The molecule has 0 unspecified atom stereocenters. The summed E-state index contributed by atoms with van der Waals surface area (Å²) < 4.78 is 1.87. The van der Waals surface area contributed by atoms with Crippen LogP contribution in [0.4, 0.5) is 10.6 Å². The number of anilines is 1. The van der Waals surface area contributed by atoms with Gasteiger partial charge in [-0.1, -0.05) is 37.3 Å². The number of benzene rings is 1. The Morgan fingerprint density at radius 2 is 1.88 bits per heavy atom. The number of aromatic nitrogens is 5. The second-order valence-electron chi connectivity index (χ2n) is 7.56. The fourth-order valence-corrected chi connectivity index (χ4v) is 3.33. The topological polar surface area (TPSA) is 115 Å². The standard InChI is InChI=1S/C24H25N7O2/c1-2-13-31-16-18(14-27-31)20-15-26-19-10-11-22(29-23(19)28-20)30-24(33)25-12-6-9-21(32)17-7-4-3-5-8-17/h3-5,7-8,10-11,14-16H,2,6,9,12-13H2,1H3,(H2,25,28,29,30,33). The van der Waals surface area contributed by atoms with Crippen molar-refractivity contribution in [1.82, 2.24) is 30.0 Å². The van der Waals surface area contributed by atoms with Gasteiger partial charge in [0.2, 0.25) is 0 Å². The van der Waals surface area contributed by atoms with E-state index in [0.29, 0.717) is 47.6 Å². The molecule has 0 saturated carbocycles. The first-order chi connectivity index (χ1) is 16.1. The van der Waals surface area contributed by atoms with Gasteiger partial charge < -0.3 is 5.32 Å². The fourth-order valence-electron chi connectivity index (χ4n) is 3.33. The molecule has 3 heterocycles. The number of amides is 2. The van der Waals surface area contributed by atoms with E-state index in [0.717, 1.165) is 18.5 Å². The van der Waals surface area contributed by atoms with Crippen molar-refractivity contribution in [3.8, 4) is 11.3 Å². The van der Waals surface area contributed by atoms with Crippen LogP contribution in [-0.4, -0.2) is 43.1 Å². The number of hydrogen-bond acceptors (Lipinski definition) is 6. The molecule has 9 heteroatoms. The van der Waals surface area contributed by atoms with Crippen molar-refractivity contribution < 1.29 is 9.59 Å². The smallest absolute Gasteiger partial charge is 0.320 e. The number of pyridine rings is 1. The number of fused-ring (bicyclic) bond motifs is 1. The van der Waals surface area contributed by atoms with Gasteiger partial charge in [-0.25, -0.2) is 14.8 Å². The third kappa shape index (κ3) is 5.76. The first kappa shape index (κ1) is 22.1. The Balaban J connectivity index is 1.33. The minimum Gasteiger partial charge on any atom is -0.338 e. The molecule has 0 radical (unpaired) electrons. The molecule has 0 aliphatic rings. The molecule has 0 spiro atoms. The van der Waals surface area contributed by atoms with Crippen molar-refractivity contribution in [2.24, 2.45) is 0 Å². The molecule has 9 nitrogen and oxygen atoms in total. The van der Waals surface area contributed by atoms with E-state index in [1.165, 1.54) is 0 Å². The number of carbonyl (C=O) groups is 2. The Labute approximate surface area is 191 Å². The van der Waals surface area contributed by atoms with E-state index < -0.39 is 0 Å². The minimum absolute atomic E-state index is 0.0589. The Hall–Kier alpha value is -4.14. The zero-order valence-corrected chi connectivity index (χ0v) is 18.4. The van der Waals surface area contributed by atoms with E-state index in [2.05, 4.69) is 37.6 Å². The lowest BCUT2D eigenvalue weighted by atomic mass is 10.1. The van der Waals surface area contributed by atoms with Crippen molar-refractivity contribution in [1.29, 1.82) is 0 Å². The first-order valence-electron chi connectivity index (χ1n) is 10.9. The van der Waals surface area contributed by atoms with Crippen LogP contribution in [0.3, 0.4) is 0 Å². The lowest BCUT2D eigenvalue weighted by Gasteiger charge is -2.08. The molecule has 0 saturated heterocycles. The lowest BCUT2D eigenvalue weighted by Crippen LogP contribution is -2.30. The normalized spacial score (nSPS) is 10.8. The summed E-state index contributed by atoms with van der Waals surface area (Å²) in [6, 6.07) is 12.2. The van der Waals surface area contributed by atoms with Crippen molar-refractivity contribution in [2.45, 2.75) is 32.7 Å². The van der Waals surface area contributed by atoms with Crippen LogP contribution in [0.25, 0.3) is 22.4 Å². The van der Waals surface area contributed by atoms with Crippen LogP contribution in [0, 0.1) is 0 Å². The van der Waals surface area contributed by atoms with Gasteiger partial charge in [-0.3, -0.25) is 19.8 Å². The predicted octanol–water partition coefficient (Wildman–Crippen LogP) is 4.08. The molecule has 0 bridgehead atoms. The molecule has 0 atom stereocenters. The average molecular weight is 444 g/mol. The molecule has 4 rings (SSSR count). The largest absolute Gasteiger partial charge is 0.338 e. The summed E-state index contributed by atoms with van der Waals surface area (Å²) in [5, 5.41) is 9.78. The summed E-state index contributed by atoms with van der Waals surface area (Å²) in [5.41, 5.74) is 3.27.